The molecule has 0 fully saturated rings. The van der Waals surface area contributed by atoms with Crippen molar-refractivity contribution in [1.82, 2.24) is 0 Å². The van der Waals surface area contributed by atoms with Crippen molar-refractivity contribution in [3.63, 3.8) is 0 Å². The second kappa shape index (κ2) is 3.01. The van der Waals surface area contributed by atoms with Gasteiger partial charge in [0.15, 0.2) is 6.29 Å². The van der Waals surface area contributed by atoms with Gasteiger partial charge in [-0.3, -0.25) is 4.79 Å². The van der Waals surface area contributed by atoms with Gasteiger partial charge in [0, 0.05) is 15.1 Å². The van der Waals surface area contributed by atoms with E-state index < -0.39 is 0 Å². The lowest BCUT2D eigenvalue weighted by Gasteiger charge is -1.90. The Balaban J connectivity index is 2.83. The summed E-state index contributed by atoms with van der Waals surface area (Å²) in [6.07, 6.45) is 0.647. The van der Waals surface area contributed by atoms with E-state index in [1.54, 1.807) is 18.2 Å². The lowest BCUT2D eigenvalue weighted by Crippen LogP contribution is -1.69. The second-order valence-corrected chi connectivity index (χ2v) is 4.09. The third-order valence-corrected chi connectivity index (χ3v) is 3.06. The van der Waals surface area contributed by atoms with Crippen LogP contribution in [-0.2, 0) is 0 Å². The smallest absolute Gasteiger partial charge is 0.163 e. The number of aromatic hydroxyl groups is 1. The molecular formula is C9H5ClO2S. The third-order valence-electron chi connectivity index (χ3n) is 1.76. The van der Waals surface area contributed by atoms with Crippen LogP contribution in [0.3, 0.4) is 0 Å². The quantitative estimate of drug-likeness (QED) is 0.738. The van der Waals surface area contributed by atoms with Gasteiger partial charge < -0.3 is 5.11 Å². The van der Waals surface area contributed by atoms with Gasteiger partial charge in [0.2, 0.25) is 0 Å². The Morgan fingerprint density at radius 1 is 1.46 bits per heavy atom. The molecule has 66 valence electrons. The number of carbonyl (C=O) groups is 1. The van der Waals surface area contributed by atoms with Crippen molar-refractivity contribution in [2.45, 2.75) is 0 Å². The molecule has 1 aromatic carbocycles. The molecule has 2 nitrogen and oxygen atoms in total. The molecule has 1 aromatic heterocycles. The maximum absolute atomic E-state index is 10.5. The van der Waals surface area contributed by atoms with Crippen molar-refractivity contribution in [3.8, 4) is 5.75 Å². The summed E-state index contributed by atoms with van der Waals surface area (Å²) in [4.78, 5) is 10.8. The molecule has 0 aliphatic rings. The zero-order chi connectivity index (χ0) is 9.42. The van der Waals surface area contributed by atoms with Gasteiger partial charge in [0.1, 0.15) is 10.6 Å². The molecule has 4 heteroatoms. The highest BCUT2D eigenvalue weighted by Crippen LogP contribution is 2.36. The second-order valence-electron chi connectivity index (χ2n) is 2.57. The van der Waals surface area contributed by atoms with Crippen LogP contribution in [-0.4, -0.2) is 11.4 Å². The van der Waals surface area contributed by atoms with Crippen LogP contribution in [0.25, 0.3) is 10.1 Å². The maximum Gasteiger partial charge on any atom is 0.163 e. The lowest BCUT2D eigenvalue weighted by atomic mass is 10.2. The molecule has 2 rings (SSSR count). The van der Waals surface area contributed by atoms with E-state index in [1.807, 2.05) is 0 Å². The Labute approximate surface area is 83.4 Å². The van der Waals surface area contributed by atoms with Crippen molar-refractivity contribution in [2.75, 3.05) is 0 Å². The number of rotatable bonds is 1. The Morgan fingerprint density at radius 3 is 2.92 bits per heavy atom. The number of thiophene rings is 1. The number of hydrogen-bond donors (Lipinski definition) is 1. The molecule has 0 saturated carbocycles. The molecule has 2 aromatic rings. The summed E-state index contributed by atoms with van der Waals surface area (Å²) < 4.78 is 0.826. The first-order valence-electron chi connectivity index (χ1n) is 3.58. The van der Waals surface area contributed by atoms with E-state index in [2.05, 4.69) is 0 Å². The van der Waals surface area contributed by atoms with Gasteiger partial charge in [0.25, 0.3) is 0 Å². The molecule has 0 bridgehead atoms. The van der Waals surface area contributed by atoms with E-state index in [1.165, 1.54) is 11.3 Å². The van der Waals surface area contributed by atoms with Crippen molar-refractivity contribution in [3.05, 3.63) is 28.1 Å². The molecule has 0 aliphatic carbocycles. The zero-order valence-electron chi connectivity index (χ0n) is 6.45. The molecule has 1 heterocycles. The minimum absolute atomic E-state index is 0.0478. The summed E-state index contributed by atoms with van der Waals surface area (Å²) in [7, 11) is 0. The van der Waals surface area contributed by atoms with E-state index >= 15 is 0 Å². The standard InChI is InChI=1S/C9H5ClO2S/c10-5-1-2-6-7(3-5)13-8(4-11)9(6)12/h1-4,12H. The molecule has 0 spiro atoms. The van der Waals surface area contributed by atoms with Crippen LogP contribution in [0, 0.1) is 0 Å². The van der Waals surface area contributed by atoms with Crippen LogP contribution in [0.1, 0.15) is 9.67 Å². The summed E-state index contributed by atoms with van der Waals surface area (Å²) in [5.74, 6) is 0.0478. The number of fused-ring (bicyclic) bond motifs is 1. The molecule has 1 N–H and O–H groups in total. The highest BCUT2D eigenvalue weighted by molar-refractivity contribution is 7.21. The van der Waals surface area contributed by atoms with Gasteiger partial charge in [-0.2, -0.15) is 0 Å². The maximum atomic E-state index is 10.5. The predicted molar refractivity (Wildman–Crippen MR) is 53.9 cm³/mol. The van der Waals surface area contributed by atoms with Crippen LogP contribution < -0.4 is 0 Å². The van der Waals surface area contributed by atoms with Crippen molar-refractivity contribution >= 4 is 39.3 Å². The van der Waals surface area contributed by atoms with Gasteiger partial charge in [-0.15, -0.1) is 11.3 Å². The first-order chi connectivity index (χ1) is 6.22. The molecule has 13 heavy (non-hydrogen) atoms. The number of halogens is 1. The average Bonchev–Trinajstić information content (AvgIpc) is 2.42. The normalized spacial score (nSPS) is 10.5. The zero-order valence-corrected chi connectivity index (χ0v) is 8.02. The van der Waals surface area contributed by atoms with Crippen molar-refractivity contribution < 1.29 is 9.90 Å². The van der Waals surface area contributed by atoms with Crippen LogP contribution in [0.2, 0.25) is 5.02 Å². The summed E-state index contributed by atoms with van der Waals surface area (Å²) in [5, 5.41) is 10.8. The van der Waals surface area contributed by atoms with Crippen LogP contribution in [0.5, 0.6) is 5.75 Å². The Hall–Kier alpha value is -1.06. The average molecular weight is 213 g/mol. The van der Waals surface area contributed by atoms with E-state index in [0.29, 0.717) is 21.6 Å². The van der Waals surface area contributed by atoms with E-state index in [9.17, 15) is 9.90 Å². The molecular weight excluding hydrogens is 208 g/mol. The fourth-order valence-corrected chi connectivity index (χ4v) is 2.34. The molecule has 0 atom stereocenters. The largest absolute Gasteiger partial charge is 0.506 e. The molecule has 0 saturated heterocycles. The number of carbonyl (C=O) groups excluding carboxylic acids is 1. The van der Waals surface area contributed by atoms with Gasteiger partial charge >= 0.3 is 0 Å². The summed E-state index contributed by atoms with van der Waals surface area (Å²) in [5.41, 5.74) is 0. The van der Waals surface area contributed by atoms with Gasteiger partial charge in [-0.1, -0.05) is 11.6 Å². The third kappa shape index (κ3) is 1.30. The Bertz CT molecular complexity index is 476. The van der Waals surface area contributed by atoms with Gasteiger partial charge in [-0.25, -0.2) is 0 Å². The summed E-state index contributed by atoms with van der Waals surface area (Å²) >= 11 is 7.00. The number of hydrogen-bond acceptors (Lipinski definition) is 3. The minimum Gasteiger partial charge on any atom is -0.506 e. The number of benzene rings is 1. The molecule has 0 amide bonds. The predicted octanol–water partition coefficient (Wildman–Crippen LogP) is 3.07. The summed E-state index contributed by atoms with van der Waals surface area (Å²) in [6.45, 7) is 0. The monoisotopic (exact) mass is 212 g/mol. The summed E-state index contributed by atoms with van der Waals surface area (Å²) in [6, 6.07) is 5.12. The first kappa shape index (κ1) is 8.53. The van der Waals surface area contributed by atoms with Crippen molar-refractivity contribution in [1.29, 1.82) is 0 Å². The van der Waals surface area contributed by atoms with Crippen LogP contribution >= 0.6 is 22.9 Å². The fourth-order valence-electron chi connectivity index (χ4n) is 1.16. The SMILES string of the molecule is O=Cc1sc2cc(Cl)ccc2c1O. The highest BCUT2D eigenvalue weighted by atomic mass is 35.5. The topological polar surface area (TPSA) is 37.3 Å². The van der Waals surface area contributed by atoms with Gasteiger partial charge in [-0.05, 0) is 18.2 Å². The minimum atomic E-state index is 0.0478. The molecule has 0 radical (unpaired) electrons. The van der Waals surface area contributed by atoms with Crippen LogP contribution in [0.15, 0.2) is 18.2 Å². The highest BCUT2D eigenvalue weighted by Gasteiger charge is 2.09. The number of aldehydes is 1. The lowest BCUT2D eigenvalue weighted by molar-refractivity contribution is 0.112. The molecule has 0 aliphatic heterocycles. The van der Waals surface area contributed by atoms with Crippen LogP contribution in [0.4, 0.5) is 0 Å². The van der Waals surface area contributed by atoms with Gasteiger partial charge in [0.05, 0.1) is 0 Å². The van der Waals surface area contributed by atoms with E-state index in [-0.39, 0.29) is 5.75 Å². The Kier molecular flexibility index (Phi) is 1.98. The van der Waals surface area contributed by atoms with E-state index in [4.69, 9.17) is 11.6 Å². The fraction of sp³-hybridized carbons (Fsp3) is 0. The van der Waals surface area contributed by atoms with E-state index in [0.717, 1.165) is 4.70 Å². The molecule has 0 unspecified atom stereocenters. The van der Waals surface area contributed by atoms with Crippen molar-refractivity contribution in [2.24, 2.45) is 0 Å². The Morgan fingerprint density at radius 2 is 2.23 bits per heavy atom. The first-order valence-corrected chi connectivity index (χ1v) is 4.78.